The molecule has 0 fully saturated rings. The van der Waals surface area contributed by atoms with E-state index in [0.29, 0.717) is 0 Å². The zero-order valence-corrected chi connectivity index (χ0v) is 8.11. The SMILES string of the molecule is CC[N+](C)(C)CCOC.[Cl-]. The van der Waals surface area contributed by atoms with Gasteiger partial charge in [-0.15, -0.1) is 0 Å². The highest BCUT2D eigenvalue weighted by molar-refractivity contribution is 4.27. The molecular weight excluding hydrogens is 150 g/mol. The van der Waals surface area contributed by atoms with Crippen LogP contribution in [0.5, 0.6) is 0 Å². The monoisotopic (exact) mass is 167 g/mol. The van der Waals surface area contributed by atoms with E-state index in [2.05, 4.69) is 21.0 Å². The molecular formula is C7H18ClNO. The summed E-state index contributed by atoms with van der Waals surface area (Å²) in [6.07, 6.45) is 0. The van der Waals surface area contributed by atoms with E-state index in [1.807, 2.05) is 0 Å². The average molecular weight is 168 g/mol. The van der Waals surface area contributed by atoms with Crippen molar-refractivity contribution in [2.75, 3.05) is 40.9 Å². The van der Waals surface area contributed by atoms with E-state index >= 15 is 0 Å². The highest BCUT2D eigenvalue weighted by atomic mass is 35.5. The van der Waals surface area contributed by atoms with Gasteiger partial charge in [0, 0.05) is 7.11 Å². The van der Waals surface area contributed by atoms with Gasteiger partial charge in [0.1, 0.15) is 6.54 Å². The van der Waals surface area contributed by atoms with Crippen molar-refractivity contribution in [3.05, 3.63) is 0 Å². The van der Waals surface area contributed by atoms with Gasteiger partial charge in [-0.2, -0.15) is 0 Å². The Bertz CT molecular complexity index is 76.0. The van der Waals surface area contributed by atoms with E-state index < -0.39 is 0 Å². The van der Waals surface area contributed by atoms with Gasteiger partial charge >= 0.3 is 0 Å². The van der Waals surface area contributed by atoms with E-state index in [1.54, 1.807) is 7.11 Å². The first-order valence-corrected chi connectivity index (χ1v) is 3.43. The molecule has 0 saturated heterocycles. The lowest BCUT2D eigenvalue weighted by atomic mass is 10.4. The van der Waals surface area contributed by atoms with E-state index in [0.717, 1.165) is 17.6 Å². The van der Waals surface area contributed by atoms with Crippen LogP contribution in [-0.4, -0.2) is 45.4 Å². The fourth-order valence-electron chi connectivity index (χ4n) is 0.497. The van der Waals surface area contributed by atoms with Crippen molar-refractivity contribution in [1.82, 2.24) is 0 Å². The minimum atomic E-state index is 0. The van der Waals surface area contributed by atoms with Crippen LogP contribution in [-0.2, 0) is 4.74 Å². The first kappa shape index (κ1) is 12.8. The molecule has 0 radical (unpaired) electrons. The topological polar surface area (TPSA) is 9.23 Å². The Morgan fingerprint density at radius 2 is 1.80 bits per heavy atom. The van der Waals surface area contributed by atoms with Crippen molar-refractivity contribution < 1.29 is 21.6 Å². The molecule has 0 aliphatic carbocycles. The Morgan fingerprint density at radius 3 is 2.10 bits per heavy atom. The van der Waals surface area contributed by atoms with Crippen LogP contribution >= 0.6 is 0 Å². The van der Waals surface area contributed by atoms with Gasteiger partial charge in [0.15, 0.2) is 0 Å². The number of nitrogens with zero attached hydrogens (tertiary/aromatic N) is 1. The zero-order chi connectivity index (χ0) is 7.33. The Morgan fingerprint density at radius 1 is 1.30 bits per heavy atom. The number of methoxy groups -OCH3 is 1. The van der Waals surface area contributed by atoms with Gasteiger partial charge in [-0.25, -0.2) is 0 Å². The van der Waals surface area contributed by atoms with Gasteiger partial charge < -0.3 is 21.6 Å². The van der Waals surface area contributed by atoms with Gasteiger partial charge in [-0.1, -0.05) is 0 Å². The average Bonchev–Trinajstić information content (AvgIpc) is 1.84. The van der Waals surface area contributed by atoms with Gasteiger partial charge in [-0.05, 0) is 6.92 Å². The minimum Gasteiger partial charge on any atom is -1.00 e. The van der Waals surface area contributed by atoms with Crippen molar-refractivity contribution in [2.45, 2.75) is 6.92 Å². The van der Waals surface area contributed by atoms with Crippen LogP contribution in [0, 0.1) is 0 Å². The molecule has 0 rings (SSSR count). The molecule has 0 N–H and O–H groups in total. The molecule has 10 heavy (non-hydrogen) atoms. The third-order valence-electron chi connectivity index (χ3n) is 1.76. The molecule has 0 aromatic rings. The molecule has 0 bridgehead atoms. The van der Waals surface area contributed by atoms with Crippen molar-refractivity contribution in [1.29, 1.82) is 0 Å². The van der Waals surface area contributed by atoms with E-state index in [9.17, 15) is 0 Å². The van der Waals surface area contributed by atoms with Crippen LogP contribution in [0.4, 0.5) is 0 Å². The van der Waals surface area contributed by atoms with Gasteiger partial charge in [0.05, 0.1) is 27.2 Å². The van der Waals surface area contributed by atoms with Crippen molar-refractivity contribution in [3.63, 3.8) is 0 Å². The maximum Gasteiger partial charge on any atom is 0.102 e. The summed E-state index contributed by atoms with van der Waals surface area (Å²) >= 11 is 0. The predicted molar refractivity (Wildman–Crippen MR) is 39.4 cm³/mol. The fourth-order valence-corrected chi connectivity index (χ4v) is 0.497. The molecule has 0 spiro atoms. The summed E-state index contributed by atoms with van der Waals surface area (Å²) in [4.78, 5) is 0. The van der Waals surface area contributed by atoms with Crippen LogP contribution in [0.1, 0.15) is 6.92 Å². The lowest BCUT2D eigenvalue weighted by Crippen LogP contribution is -3.00. The Labute approximate surface area is 70.2 Å². The van der Waals surface area contributed by atoms with Crippen LogP contribution < -0.4 is 12.4 Å². The second kappa shape index (κ2) is 5.96. The largest absolute Gasteiger partial charge is 1.00 e. The summed E-state index contributed by atoms with van der Waals surface area (Å²) < 4.78 is 6.01. The zero-order valence-electron chi connectivity index (χ0n) is 7.35. The Hall–Kier alpha value is 0.210. The molecule has 0 aliphatic rings. The lowest BCUT2D eigenvalue weighted by molar-refractivity contribution is -0.888. The number of rotatable bonds is 4. The molecule has 3 heteroatoms. The molecule has 0 amide bonds. The van der Waals surface area contributed by atoms with E-state index in [-0.39, 0.29) is 12.4 Å². The number of hydrogen-bond donors (Lipinski definition) is 0. The molecule has 2 nitrogen and oxygen atoms in total. The maximum atomic E-state index is 4.96. The summed E-state index contributed by atoms with van der Waals surface area (Å²) in [5.74, 6) is 0. The first-order chi connectivity index (χ1) is 4.12. The standard InChI is InChI=1S/C7H18NO.ClH/c1-5-8(2,3)6-7-9-4;/h5-7H2,1-4H3;1H/q+1;/p-1. The van der Waals surface area contributed by atoms with Crippen LogP contribution in [0.15, 0.2) is 0 Å². The van der Waals surface area contributed by atoms with Gasteiger partial charge in [0.25, 0.3) is 0 Å². The highest BCUT2D eigenvalue weighted by Crippen LogP contribution is 1.93. The Balaban J connectivity index is 0. The summed E-state index contributed by atoms with van der Waals surface area (Å²) in [5, 5.41) is 0. The molecule has 0 unspecified atom stereocenters. The van der Waals surface area contributed by atoms with Crippen molar-refractivity contribution >= 4 is 0 Å². The first-order valence-electron chi connectivity index (χ1n) is 3.43. The molecule has 0 atom stereocenters. The number of ether oxygens (including phenoxy) is 1. The molecule has 0 aromatic carbocycles. The molecule has 0 aromatic heterocycles. The normalized spacial score (nSPS) is 10.8. The van der Waals surface area contributed by atoms with Crippen LogP contribution in [0.25, 0.3) is 0 Å². The summed E-state index contributed by atoms with van der Waals surface area (Å²) in [6.45, 7) is 5.33. The summed E-state index contributed by atoms with van der Waals surface area (Å²) in [7, 11) is 6.16. The van der Waals surface area contributed by atoms with E-state index in [4.69, 9.17) is 4.74 Å². The molecule has 0 saturated carbocycles. The maximum absolute atomic E-state index is 4.96. The predicted octanol–water partition coefficient (Wildman–Crippen LogP) is -2.27. The third-order valence-corrected chi connectivity index (χ3v) is 1.76. The third kappa shape index (κ3) is 6.33. The number of likely N-dealkylation sites (N-methyl/N-ethyl adjacent to an activating group) is 1. The Kier molecular flexibility index (Phi) is 7.65. The van der Waals surface area contributed by atoms with Crippen molar-refractivity contribution in [2.24, 2.45) is 0 Å². The van der Waals surface area contributed by atoms with Crippen LogP contribution in [0.3, 0.4) is 0 Å². The highest BCUT2D eigenvalue weighted by Gasteiger charge is 2.09. The fraction of sp³-hybridized carbons (Fsp3) is 1.00. The number of hydrogen-bond acceptors (Lipinski definition) is 1. The van der Waals surface area contributed by atoms with Crippen molar-refractivity contribution in [3.8, 4) is 0 Å². The summed E-state index contributed by atoms with van der Waals surface area (Å²) in [5.41, 5.74) is 0. The smallest absolute Gasteiger partial charge is 0.102 e. The van der Waals surface area contributed by atoms with E-state index in [1.165, 1.54) is 6.54 Å². The van der Waals surface area contributed by atoms with Gasteiger partial charge in [-0.3, -0.25) is 0 Å². The molecule has 64 valence electrons. The van der Waals surface area contributed by atoms with Gasteiger partial charge in [0.2, 0.25) is 0 Å². The summed E-state index contributed by atoms with van der Waals surface area (Å²) in [6, 6.07) is 0. The van der Waals surface area contributed by atoms with Crippen LogP contribution in [0.2, 0.25) is 0 Å². The second-order valence-corrected chi connectivity index (χ2v) is 2.97. The molecule has 0 aliphatic heterocycles. The molecule has 0 heterocycles. The number of quaternary nitrogens is 1. The lowest BCUT2D eigenvalue weighted by Gasteiger charge is -2.27. The second-order valence-electron chi connectivity index (χ2n) is 2.97. The number of halogens is 1. The quantitative estimate of drug-likeness (QED) is 0.430. The minimum absolute atomic E-state index is 0.